The normalized spacial score (nSPS) is 13.9. The number of anilines is 2. The Hall–Kier alpha value is -3.63. The molecule has 1 unspecified atom stereocenters. The van der Waals surface area contributed by atoms with E-state index in [4.69, 9.17) is 4.74 Å². The summed E-state index contributed by atoms with van der Waals surface area (Å²) in [6.07, 6.45) is -2.79. The molecular formula is C29H25F3N2O3S2. The zero-order valence-corrected chi connectivity index (χ0v) is 22.8. The number of carbonyl (C=O) groups is 1. The fourth-order valence-corrected chi connectivity index (χ4v) is 6.12. The third-order valence-electron chi connectivity index (χ3n) is 6.42. The van der Waals surface area contributed by atoms with Crippen LogP contribution in [-0.4, -0.2) is 29.5 Å². The summed E-state index contributed by atoms with van der Waals surface area (Å²) in [7, 11) is -1.06. The van der Waals surface area contributed by atoms with E-state index in [1.165, 1.54) is 23.5 Å². The third kappa shape index (κ3) is 5.86. The molecule has 0 fully saturated rings. The second kappa shape index (κ2) is 10.9. The molecule has 2 heterocycles. The van der Waals surface area contributed by atoms with Crippen LogP contribution in [-0.2, 0) is 23.5 Å². The Labute approximate surface area is 230 Å². The number of carbonyl (C=O) groups excluding carboxylic acids is 1. The molecule has 0 spiro atoms. The first-order valence-corrected chi connectivity index (χ1v) is 14.5. The number of hydrogen-bond acceptors (Lipinski definition) is 5. The lowest BCUT2D eigenvalue weighted by atomic mass is 10.1. The monoisotopic (exact) mass is 570 g/mol. The van der Waals surface area contributed by atoms with Gasteiger partial charge in [0.1, 0.15) is 12.4 Å². The number of halogens is 3. The van der Waals surface area contributed by atoms with Gasteiger partial charge < -0.3 is 15.0 Å². The molecule has 5 rings (SSSR count). The molecule has 1 aliphatic heterocycles. The molecular weight excluding hydrogens is 545 g/mol. The Bertz CT molecular complexity index is 1550. The van der Waals surface area contributed by atoms with Crippen LogP contribution >= 0.6 is 11.3 Å². The predicted molar refractivity (Wildman–Crippen MR) is 148 cm³/mol. The lowest BCUT2D eigenvalue weighted by Crippen LogP contribution is -2.28. The van der Waals surface area contributed by atoms with Gasteiger partial charge in [0.25, 0.3) is 5.91 Å². The number of aryl methyl sites for hydroxylation is 1. The van der Waals surface area contributed by atoms with Gasteiger partial charge in [-0.15, -0.1) is 11.3 Å². The molecule has 0 bridgehead atoms. The van der Waals surface area contributed by atoms with Crippen molar-refractivity contribution in [2.24, 2.45) is 0 Å². The zero-order valence-electron chi connectivity index (χ0n) is 21.2. The minimum Gasteiger partial charge on any atom is -0.490 e. The lowest BCUT2D eigenvalue weighted by molar-refractivity contribution is -0.137. The largest absolute Gasteiger partial charge is 0.490 e. The number of alkyl halides is 3. The van der Waals surface area contributed by atoms with Crippen LogP contribution in [0, 0.1) is 6.92 Å². The van der Waals surface area contributed by atoms with Crippen molar-refractivity contribution in [3.8, 4) is 16.2 Å². The first-order chi connectivity index (χ1) is 18.6. The first-order valence-electron chi connectivity index (χ1n) is 12.1. The molecule has 1 aromatic heterocycles. The number of nitrogens with one attached hydrogen (secondary N) is 1. The Morgan fingerprint density at radius 2 is 1.85 bits per heavy atom. The Morgan fingerprint density at radius 1 is 1.08 bits per heavy atom. The standard InChI is InChI=1S/C29H25F3N2O3S2/c1-18-14-26(38-27(18)20-4-3-5-22(15-20)29(30,31)32)34-12-13-37-25-16-21(8-11-24(25)34)28(35)33-17-19-6-9-23(10-7-19)39(2)36/h3-11,14-16H,12-13,17H2,1-2H3,(H,33,35). The molecule has 0 radical (unpaired) electrons. The summed E-state index contributed by atoms with van der Waals surface area (Å²) in [6, 6.07) is 19.8. The second-order valence-electron chi connectivity index (χ2n) is 9.14. The molecule has 10 heteroatoms. The van der Waals surface area contributed by atoms with Gasteiger partial charge in [-0.1, -0.05) is 24.3 Å². The number of thiophene rings is 1. The molecule has 3 aromatic carbocycles. The highest BCUT2D eigenvalue weighted by Crippen LogP contribution is 2.44. The molecule has 0 saturated carbocycles. The van der Waals surface area contributed by atoms with Crippen molar-refractivity contribution < 1.29 is 26.9 Å². The van der Waals surface area contributed by atoms with E-state index >= 15 is 0 Å². The fraction of sp³-hybridized carbons (Fsp3) is 0.207. The summed E-state index contributed by atoms with van der Waals surface area (Å²) < 4.78 is 57.2. The number of rotatable bonds is 6. The fourth-order valence-electron chi connectivity index (χ4n) is 4.40. The van der Waals surface area contributed by atoms with Crippen LogP contribution in [0.1, 0.15) is 27.0 Å². The SMILES string of the molecule is Cc1cc(N2CCOc3cc(C(=O)NCc4ccc(S(C)=O)cc4)ccc32)sc1-c1cccc(C(F)(F)F)c1. The van der Waals surface area contributed by atoms with Crippen molar-refractivity contribution >= 4 is 38.7 Å². The van der Waals surface area contributed by atoms with Crippen molar-refractivity contribution in [3.63, 3.8) is 0 Å². The zero-order chi connectivity index (χ0) is 27.7. The highest BCUT2D eigenvalue weighted by atomic mass is 32.2. The number of ether oxygens (including phenoxy) is 1. The van der Waals surface area contributed by atoms with Crippen LogP contribution in [0.3, 0.4) is 0 Å². The van der Waals surface area contributed by atoms with E-state index in [-0.39, 0.29) is 5.91 Å². The van der Waals surface area contributed by atoms with Crippen LogP contribution in [0.15, 0.2) is 77.7 Å². The van der Waals surface area contributed by atoms with Gasteiger partial charge in [-0.05, 0) is 72.1 Å². The molecule has 5 nitrogen and oxygen atoms in total. The third-order valence-corrected chi connectivity index (χ3v) is 8.66. The summed E-state index contributed by atoms with van der Waals surface area (Å²) in [5, 5.41) is 3.78. The van der Waals surface area contributed by atoms with Crippen molar-refractivity contribution in [3.05, 3.63) is 95.1 Å². The maximum absolute atomic E-state index is 13.3. The Balaban J connectivity index is 1.34. The van der Waals surface area contributed by atoms with Crippen molar-refractivity contribution in [2.45, 2.75) is 24.5 Å². The summed E-state index contributed by atoms with van der Waals surface area (Å²) >= 11 is 1.43. The lowest BCUT2D eigenvalue weighted by Gasteiger charge is -2.30. The van der Waals surface area contributed by atoms with E-state index in [1.807, 2.05) is 31.2 Å². The molecule has 39 heavy (non-hydrogen) atoms. The Kier molecular flexibility index (Phi) is 7.51. The van der Waals surface area contributed by atoms with Gasteiger partial charge in [0, 0.05) is 38.9 Å². The van der Waals surface area contributed by atoms with Crippen LogP contribution in [0.5, 0.6) is 5.75 Å². The summed E-state index contributed by atoms with van der Waals surface area (Å²) in [4.78, 5) is 16.4. The van der Waals surface area contributed by atoms with E-state index in [2.05, 4.69) is 10.2 Å². The van der Waals surface area contributed by atoms with Gasteiger partial charge in [-0.2, -0.15) is 13.2 Å². The van der Waals surface area contributed by atoms with Crippen molar-refractivity contribution in [2.75, 3.05) is 24.3 Å². The minimum absolute atomic E-state index is 0.250. The quantitative estimate of drug-likeness (QED) is 0.273. The first kappa shape index (κ1) is 27.0. The van der Waals surface area contributed by atoms with Crippen LogP contribution in [0.25, 0.3) is 10.4 Å². The summed E-state index contributed by atoms with van der Waals surface area (Å²) in [5.74, 6) is 0.316. The van der Waals surface area contributed by atoms with Gasteiger partial charge >= 0.3 is 6.18 Å². The number of fused-ring (bicyclic) bond motifs is 1. The molecule has 1 amide bonds. The van der Waals surface area contributed by atoms with Gasteiger partial charge in [0.2, 0.25) is 0 Å². The molecule has 202 valence electrons. The van der Waals surface area contributed by atoms with Crippen LogP contribution in [0.4, 0.5) is 23.9 Å². The molecule has 4 aromatic rings. The van der Waals surface area contributed by atoms with E-state index in [0.717, 1.165) is 37.7 Å². The molecule has 1 N–H and O–H groups in total. The van der Waals surface area contributed by atoms with E-state index in [1.54, 1.807) is 36.6 Å². The average Bonchev–Trinajstić information content (AvgIpc) is 3.32. The number of amides is 1. The summed E-state index contributed by atoms with van der Waals surface area (Å²) in [5.41, 5.74) is 2.87. The van der Waals surface area contributed by atoms with Gasteiger partial charge in [-0.3, -0.25) is 9.00 Å². The molecule has 1 atom stereocenters. The topological polar surface area (TPSA) is 58.6 Å². The van der Waals surface area contributed by atoms with E-state index in [9.17, 15) is 22.2 Å². The number of nitrogens with zero attached hydrogens (tertiary/aromatic N) is 1. The maximum Gasteiger partial charge on any atom is 0.416 e. The van der Waals surface area contributed by atoms with Crippen molar-refractivity contribution in [1.82, 2.24) is 5.32 Å². The average molecular weight is 571 g/mol. The van der Waals surface area contributed by atoms with E-state index < -0.39 is 22.5 Å². The number of benzene rings is 3. The highest BCUT2D eigenvalue weighted by Gasteiger charge is 2.31. The van der Waals surface area contributed by atoms with Crippen LogP contribution in [0.2, 0.25) is 0 Å². The van der Waals surface area contributed by atoms with Gasteiger partial charge in [-0.25, -0.2) is 0 Å². The smallest absolute Gasteiger partial charge is 0.416 e. The molecule has 0 aliphatic carbocycles. The van der Waals surface area contributed by atoms with Crippen LogP contribution < -0.4 is 15.0 Å². The van der Waals surface area contributed by atoms with Gasteiger partial charge in [0.05, 0.1) is 22.8 Å². The maximum atomic E-state index is 13.3. The minimum atomic E-state index is -4.40. The van der Waals surface area contributed by atoms with E-state index in [0.29, 0.717) is 36.6 Å². The second-order valence-corrected chi connectivity index (χ2v) is 11.5. The van der Waals surface area contributed by atoms with Crippen molar-refractivity contribution in [1.29, 1.82) is 0 Å². The highest BCUT2D eigenvalue weighted by molar-refractivity contribution is 7.84. The summed E-state index contributed by atoms with van der Waals surface area (Å²) in [6.45, 7) is 3.18. The number of hydrogen-bond donors (Lipinski definition) is 1. The molecule has 1 aliphatic rings. The predicted octanol–water partition coefficient (Wildman–Crippen LogP) is 6.94. The Morgan fingerprint density at radius 3 is 2.56 bits per heavy atom. The van der Waals surface area contributed by atoms with Gasteiger partial charge in [0.15, 0.2) is 0 Å². The molecule has 0 saturated heterocycles.